The Morgan fingerprint density at radius 3 is 2.85 bits per heavy atom. The largest absolute Gasteiger partial charge is 0.472 e. The summed E-state index contributed by atoms with van der Waals surface area (Å²) in [6.45, 7) is 5.91. The standard InChI is InChI=1S/C19H21ClN4O2S/c1-12(2)8-21-9-15-11-27-19(23-15)24-18(25)22-14-3-4-16(17(20)7-14)13-5-6-26-10-13/h3-7,10-12,21H,8-9H2,1-2H3,(H2,22,23,24,25). The number of amides is 2. The number of urea groups is 1. The Morgan fingerprint density at radius 2 is 2.15 bits per heavy atom. The summed E-state index contributed by atoms with van der Waals surface area (Å²) in [5.74, 6) is 0.582. The van der Waals surface area contributed by atoms with Gasteiger partial charge < -0.3 is 15.1 Å². The second-order valence-electron chi connectivity index (χ2n) is 6.45. The molecule has 0 unspecified atom stereocenters. The van der Waals surface area contributed by atoms with Gasteiger partial charge in [0.1, 0.15) is 0 Å². The maximum Gasteiger partial charge on any atom is 0.325 e. The molecule has 2 amide bonds. The number of nitrogens with one attached hydrogen (secondary N) is 3. The lowest BCUT2D eigenvalue weighted by Crippen LogP contribution is -2.20. The predicted octanol–water partition coefficient (Wildman–Crippen LogP) is 5.45. The van der Waals surface area contributed by atoms with Gasteiger partial charge >= 0.3 is 6.03 Å². The summed E-state index contributed by atoms with van der Waals surface area (Å²) in [7, 11) is 0. The number of aromatic nitrogens is 1. The van der Waals surface area contributed by atoms with E-state index in [0.29, 0.717) is 28.3 Å². The van der Waals surface area contributed by atoms with E-state index in [1.165, 1.54) is 11.3 Å². The van der Waals surface area contributed by atoms with Crippen molar-refractivity contribution in [3.8, 4) is 11.1 Å². The average Bonchev–Trinajstić information content (AvgIpc) is 3.27. The van der Waals surface area contributed by atoms with Crippen molar-refractivity contribution in [3.63, 3.8) is 0 Å². The van der Waals surface area contributed by atoms with Crippen LogP contribution < -0.4 is 16.0 Å². The van der Waals surface area contributed by atoms with Gasteiger partial charge in [-0.3, -0.25) is 5.32 Å². The van der Waals surface area contributed by atoms with Gasteiger partial charge in [-0.1, -0.05) is 31.5 Å². The van der Waals surface area contributed by atoms with E-state index in [9.17, 15) is 4.79 Å². The number of carbonyl (C=O) groups is 1. The first kappa shape index (κ1) is 19.4. The van der Waals surface area contributed by atoms with Crippen molar-refractivity contribution < 1.29 is 9.21 Å². The van der Waals surface area contributed by atoms with E-state index in [0.717, 1.165) is 23.4 Å². The number of rotatable bonds is 7. The molecule has 0 spiro atoms. The summed E-state index contributed by atoms with van der Waals surface area (Å²) >= 11 is 7.70. The highest BCUT2D eigenvalue weighted by Gasteiger charge is 2.10. The maximum atomic E-state index is 12.2. The van der Waals surface area contributed by atoms with Crippen LogP contribution in [-0.2, 0) is 6.54 Å². The molecule has 0 bridgehead atoms. The molecule has 3 aromatic rings. The highest BCUT2D eigenvalue weighted by atomic mass is 35.5. The number of anilines is 2. The fourth-order valence-electron chi connectivity index (χ4n) is 2.44. The Balaban J connectivity index is 1.55. The zero-order valence-corrected chi connectivity index (χ0v) is 16.7. The molecular weight excluding hydrogens is 384 g/mol. The monoisotopic (exact) mass is 404 g/mol. The van der Waals surface area contributed by atoms with Gasteiger partial charge in [0.2, 0.25) is 0 Å². The summed E-state index contributed by atoms with van der Waals surface area (Å²) in [6.07, 6.45) is 3.21. The maximum absolute atomic E-state index is 12.2. The molecule has 0 aliphatic heterocycles. The number of halogens is 1. The van der Waals surface area contributed by atoms with E-state index in [1.807, 2.05) is 17.5 Å². The summed E-state index contributed by atoms with van der Waals surface area (Å²) in [6, 6.07) is 6.80. The Bertz CT molecular complexity index is 893. The molecule has 0 saturated carbocycles. The molecule has 0 atom stereocenters. The van der Waals surface area contributed by atoms with Gasteiger partial charge in [0, 0.05) is 28.7 Å². The molecule has 8 heteroatoms. The van der Waals surface area contributed by atoms with Crippen LogP contribution in [0.5, 0.6) is 0 Å². The molecule has 6 nitrogen and oxygen atoms in total. The molecule has 3 N–H and O–H groups in total. The van der Waals surface area contributed by atoms with Gasteiger partial charge in [-0.15, -0.1) is 11.3 Å². The molecule has 0 aliphatic rings. The van der Waals surface area contributed by atoms with Gasteiger partial charge in [-0.25, -0.2) is 9.78 Å². The van der Waals surface area contributed by atoms with E-state index in [4.69, 9.17) is 16.0 Å². The minimum absolute atomic E-state index is 0.363. The molecule has 142 valence electrons. The van der Waals surface area contributed by atoms with E-state index >= 15 is 0 Å². The number of thiazole rings is 1. The zero-order valence-electron chi connectivity index (χ0n) is 15.1. The van der Waals surface area contributed by atoms with Crippen molar-refractivity contribution >= 4 is 39.8 Å². The van der Waals surface area contributed by atoms with Crippen LogP contribution in [0.3, 0.4) is 0 Å². The molecule has 0 radical (unpaired) electrons. The molecule has 0 aliphatic carbocycles. The summed E-state index contributed by atoms with van der Waals surface area (Å²) < 4.78 is 5.07. The van der Waals surface area contributed by atoms with Crippen LogP contribution in [-0.4, -0.2) is 17.6 Å². The Hall–Kier alpha value is -2.35. The van der Waals surface area contributed by atoms with Gasteiger partial charge in [-0.2, -0.15) is 0 Å². The fourth-order valence-corrected chi connectivity index (χ4v) is 3.43. The molecule has 2 heterocycles. The van der Waals surface area contributed by atoms with Gasteiger partial charge in [0.25, 0.3) is 0 Å². The predicted molar refractivity (Wildman–Crippen MR) is 110 cm³/mol. The van der Waals surface area contributed by atoms with E-state index in [-0.39, 0.29) is 6.03 Å². The zero-order chi connectivity index (χ0) is 19.2. The second kappa shape index (κ2) is 9.03. The summed E-state index contributed by atoms with van der Waals surface area (Å²) in [5.41, 5.74) is 3.23. The van der Waals surface area contributed by atoms with Crippen LogP contribution in [0.2, 0.25) is 5.02 Å². The van der Waals surface area contributed by atoms with Crippen LogP contribution in [0.4, 0.5) is 15.6 Å². The SMILES string of the molecule is CC(C)CNCc1csc(NC(=O)Nc2ccc(-c3ccoc3)c(Cl)c2)n1. The highest BCUT2D eigenvalue weighted by Crippen LogP contribution is 2.30. The van der Waals surface area contributed by atoms with Crippen molar-refractivity contribution in [2.45, 2.75) is 20.4 Å². The lowest BCUT2D eigenvalue weighted by molar-refractivity contribution is 0.262. The third-order valence-electron chi connectivity index (χ3n) is 3.69. The van der Waals surface area contributed by atoms with Crippen molar-refractivity contribution in [3.05, 3.63) is 52.9 Å². The normalized spacial score (nSPS) is 11.0. The molecular formula is C19H21ClN4O2S. The number of hydrogen-bond donors (Lipinski definition) is 3. The first-order valence-corrected chi connectivity index (χ1v) is 9.82. The Morgan fingerprint density at radius 1 is 1.30 bits per heavy atom. The van der Waals surface area contributed by atoms with Crippen LogP contribution in [0.25, 0.3) is 11.1 Å². The Kier molecular flexibility index (Phi) is 6.49. The molecule has 1 aromatic carbocycles. The molecule has 3 rings (SSSR count). The smallest absolute Gasteiger partial charge is 0.325 e. The fraction of sp³-hybridized carbons (Fsp3) is 0.263. The third kappa shape index (κ3) is 5.56. The van der Waals surface area contributed by atoms with Gasteiger partial charge in [0.05, 0.1) is 23.2 Å². The third-order valence-corrected chi connectivity index (χ3v) is 4.81. The number of carbonyl (C=O) groups excluding carboxylic acids is 1. The summed E-state index contributed by atoms with van der Waals surface area (Å²) in [4.78, 5) is 16.6. The topological polar surface area (TPSA) is 79.2 Å². The molecule has 27 heavy (non-hydrogen) atoms. The van der Waals surface area contributed by atoms with Gasteiger partial charge in [-0.05, 0) is 30.7 Å². The van der Waals surface area contributed by atoms with Crippen molar-refractivity contribution in [1.29, 1.82) is 0 Å². The van der Waals surface area contributed by atoms with Crippen LogP contribution in [0.1, 0.15) is 19.5 Å². The second-order valence-corrected chi connectivity index (χ2v) is 7.72. The molecule has 0 saturated heterocycles. The quantitative estimate of drug-likeness (QED) is 0.489. The number of hydrogen-bond acceptors (Lipinski definition) is 5. The number of furan rings is 1. The van der Waals surface area contributed by atoms with E-state index < -0.39 is 0 Å². The van der Waals surface area contributed by atoms with E-state index in [2.05, 4.69) is 34.8 Å². The summed E-state index contributed by atoms with van der Waals surface area (Å²) in [5, 5.41) is 11.8. The molecule has 0 fully saturated rings. The molecule has 2 aromatic heterocycles. The first-order valence-electron chi connectivity index (χ1n) is 8.56. The number of benzene rings is 1. The minimum Gasteiger partial charge on any atom is -0.472 e. The van der Waals surface area contributed by atoms with Crippen LogP contribution in [0, 0.1) is 5.92 Å². The van der Waals surface area contributed by atoms with Crippen LogP contribution >= 0.6 is 22.9 Å². The van der Waals surface area contributed by atoms with Crippen molar-refractivity contribution in [2.24, 2.45) is 5.92 Å². The average molecular weight is 405 g/mol. The van der Waals surface area contributed by atoms with E-state index in [1.54, 1.807) is 24.7 Å². The Labute approximate surface area is 167 Å². The van der Waals surface area contributed by atoms with Gasteiger partial charge in [0.15, 0.2) is 5.13 Å². The van der Waals surface area contributed by atoms with Crippen LogP contribution in [0.15, 0.2) is 46.6 Å². The lowest BCUT2D eigenvalue weighted by Gasteiger charge is -2.08. The van der Waals surface area contributed by atoms with Crippen molar-refractivity contribution in [2.75, 3.05) is 17.2 Å². The lowest BCUT2D eigenvalue weighted by atomic mass is 10.1. The van der Waals surface area contributed by atoms with Crippen molar-refractivity contribution in [1.82, 2.24) is 10.3 Å². The highest BCUT2D eigenvalue weighted by molar-refractivity contribution is 7.13. The minimum atomic E-state index is -0.363. The first-order chi connectivity index (χ1) is 13.0. The number of nitrogens with zero attached hydrogens (tertiary/aromatic N) is 1.